The second-order valence-electron chi connectivity index (χ2n) is 13.0. The zero-order valence-electron chi connectivity index (χ0n) is 29.4. The number of aliphatic hydroxyl groups excluding tert-OH is 2. The van der Waals surface area contributed by atoms with Gasteiger partial charge in [-0.05, 0) is 44.9 Å². The average molecular weight is 618 g/mol. The fourth-order valence-corrected chi connectivity index (χ4v) is 5.62. The minimum atomic E-state index is -0.864. The molecule has 1 amide bonds. The lowest BCUT2D eigenvalue weighted by molar-refractivity contribution is -0.123. The van der Waals surface area contributed by atoms with Crippen LogP contribution in [0.25, 0.3) is 0 Å². The van der Waals surface area contributed by atoms with Crippen LogP contribution in [-0.4, -0.2) is 34.9 Å². The van der Waals surface area contributed by atoms with E-state index in [1.807, 2.05) is 6.08 Å². The summed E-state index contributed by atoms with van der Waals surface area (Å²) in [6.07, 6.45) is 46.9. The van der Waals surface area contributed by atoms with Gasteiger partial charge in [0, 0.05) is 6.42 Å². The number of unbranched alkanes of at least 4 members (excludes halogenated alkanes) is 23. The van der Waals surface area contributed by atoms with Crippen molar-refractivity contribution >= 4 is 5.91 Å². The quantitative estimate of drug-likeness (QED) is 0.0497. The maximum atomic E-state index is 12.2. The fourth-order valence-electron chi connectivity index (χ4n) is 5.62. The SMILES string of the molecule is CCCCCCCCCCCCCCCCC/C=C/CC/C=C/CC/C=C/C(O)C(CO)NC(=O)CCCCCCCCC. The number of aliphatic hydroxyl groups is 2. The van der Waals surface area contributed by atoms with E-state index in [0.717, 1.165) is 38.5 Å². The smallest absolute Gasteiger partial charge is 0.220 e. The molecule has 4 nitrogen and oxygen atoms in total. The summed E-state index contributed by atoms with van der Waals surface area (Å²) >= 11 is 0. The number of carbonyl (C=O) groups excluding carboxylic acids is 1. The van der Waals surface area contributed by atoms with E-state index in [1.165, 1.54) is 135 Å². The van der Waals surface area contributed by atoms with Gasteiger partial charge in [0.15, 0.2) is 0 Å². The summed E-state index contributed by atoms with van der Waals surface area (Å²) in [6.45, 7) is 4.24. The minimum Gasteiger partial charge on any atom is -0.394 e. The summed E-state index contributed by atoms with van der Waals surface area (Å²) in [5.74, 6) is -0.0862. The second-order valence-corrected chi connectivity index (χ2v) is 13.0. The Morgan fingerprint density at radius 3 is 1.32 bits per heavy atom. The molecule has 0 aromatic carbocycles. The maximum absolute atomic E-state index is 12.2. The lowest BCUT2D eigenvalue weighted by Gasteiger charge is -2.19. The molecule has 0 aliphatic carbocycles. The first-order valence-electron chi connectivity index (χ1n) is 19.2. The van der Waals surface area contributed by atoms with E-state index in [1.54, 1.807) is 6.08 Å². The molecule has 0 aliphatic heterocycles. The van der Waals surface area contributed by atoms with Crippen LogP contribution in [0.5, 0.6) is 0 Å². The molecule has 2 unspecified atom stereocenters. The van der Waals surface area contributed by atoms with Crippen molar-refractivity contribution in [3.63, 3.8) is 0 Å². The summed E-state index contributed by atoms with van der Waals surface area (Å²) in [5, 5.41) is 22.7. The van der Waals surface area contributed by atoms with E-state index in [9.17, 15) is 15.0 Å². The van der Waals surface area contributed by atoms with Gasteiger partial charge in [0.05, 0.1) is 18.8 Å². The Balaban J connectivity index is 3.59. The first-order valence-corrected chi connectivity index (χ1v) is 19.2. The molecule has 0 aromatic rings. The van der Waals surface area contributed by atoms with Crippen LogP contribution in [0, 0.1) is 0 Å². The second kappa shape index (κ2) is 36.1. The minimum absolute atomic E-state index is 0.0862. The molecule has 3 N–H and O–H groups in total. The largest absolute Gasteiger partial charge is 0.394 e. The Morgan fingerprint density at radius 1 is 0.523 bits per heavy atom. The average Bonchev–Trinajstić information content (AvgIpc) is 3.03. The van der Waals surface area contributed by atoms with Gasteiger partial charge < -0.3 is 15.5 Å². The van der Waals surface area contributed by atoms with Gasteiger partial charge in [-0.3, -0.25) is 4.79 Å². The van der Waals surface area contributed by atoms with Crippen LogP contribution in [0.15, 0.2) is 36.5 Å². The van der Waals surface area contributed by atoms with Crippen molar-refractivity contribution in [2.45, 2.75) is 206 Å². The predicted octanol–water partition coefficient (Wildman–Crippen LogP) is 11.5. The highest BCUT2D eigenvalue weighted by atomic mass is 16.3. The number of nitrogens with one attached hydrogen (secondary N) is 1. The highest BCUT2D eigenvalue weighted by molar-refractivity contribution is 5.76. The molecule has 44 heavy (non-hydrogen) atoms. The van der Waals surface area contributed by atoms with Crippen LogP contribution in [-0.2, 0) is 4.79 Å². The number of hydrogen-bond acceptors (Lipinski definition) is 3. The Kier molecular flexibility index (Phi) is 34.9. The van der Waals surface area contributed by atoms with Gasteiger partial charge >= 0.3 is 0 Å². The number of carbonyl (C=O) groups is 1. The molecule has 258 valence electrons. The molecule has 0 spiro atoms. The van der Waals surface area contributed by atoms with Crippen molar-refractivity contribution in [1.82, 2.24) is 5.32 Å². The van der Waals surface area contributed by atoms with Gasteiger partial charge in [0.2, 0.25) is 5.91 Å². The van der Waals surface area contributed by atoms with Gasteiger partial charge in [0.25, 0.3) is 0 Å². The monoisotopic (exact) mass is 618 g/mol. The summed E-state index contributed by atoms with van der Waals surface area (Å²) in [5.41, 5.74) is 0. The molecule has 0 saturated heterocycles. The molecule has 0 bridgehead atoms. The summed E-state index contributed by atoms with van der Waals surface area (Å²) < 4.78 is 0. The van der Waals surface area contributed by atoms with E-state index in [-0.39, 0.29) is 12.5 Å². The first-order chi connectivity index (χ1) is 21.7. The molecule has 0 aliphatic rings. The molecule has 0 radical (unpaired) electrons. The van der Waals surface area contributed by atoms with Gasteiger partial charge in [0.1, 0.15) is 0 Å². The predicted molar refractivity (Wildman–Crippen MR) is 193 cm³/mol. The molecule has 0 fully saturated rings. The van der Waals surface area contributed by atoms with Crippen LogP contribution in [0.2, 0.25) is 0 Å². The van der Waals surface area contributed by atoms with Crippen molar-refractivity contribution < 1.29 is 15.0 Å². The number of allylic oxidation sites excluding steroid dienone is 5. The third-order valence-electron chi connectivity index (χ3n) is 8.60. The van der Waals surface area contributed by atoms with Crippen molar-refractivity contribution in [2.75, 3.05) is 6.61 Å². The molecular weight excluding hydrogens is 542 g/mol. The number of amides is 1. The van der Waals surface area contributed by atoms with E-state index < -0.39 is 12.1 Å². The summed E-state index contributed by atoms with van der Waals surface area (Å²) in [6, 6.07) is -0.639. The zero-order chi connectivity index (χ0) is 32.2. The van der Waals surface area contributed by atoms with E-state index in [2.05, 4.69) is 43.5 Å². The number of hydrogen-bond donors (Lipinski definition) is 3. The lowest BCUT2D eigenvalue weighted by Crippen LogP contribution is -2.45. The Hall–Kier alpha value is -1.39. The van der Waals surface area contributed by atoms with Crippen LogP contribution < -0.4 is 5.32 Å². The van der Waals surface area contributed by atoms with E-state index in [4.69, 9.17) is 0 Å². The Bertz CT molecular complexity index is 672. The maximum Gasteiger partial charge on any atom is 0.220 e. The highest BCUT2D eigenvalue weighted by Gasteiger charge is 2.17. The van der Waals surface area contributed by atoms with E-state index >= 15 is 0 Å². The van der Waals surface area contributed by atoms with Crippen molar-refractivity contribution in [3.05, 3.63) is 36.5 Å². The van der Waals surface area contributed by atoms with Gasteiger partial charge in [-0.1, -0.05) is 179 Å². The fraction of sp³-hybridized carbons (Fsp3) is 0.825. The molecule has 4 heteroatoms. The van der Waals surface area contributed by atoms with Crippen molar-refractivity contribution in [3.8, 4) is 0 Å². The normalized spacial score (nSPS) is 13.5. The van der Waals surface area contributed by atoms with Crippen LogP contribution in [0.4, 0.5) is 0 Å². The molecule has 0 saturated carbocycles. The van der Waals surface area contributed by atoms with Crippen LogP contribution in [0.3, 0.4) is 0 Å². The molecule has 2 atom stereocenters. The van der Waals surface area contributed by atoms with Gasteiger partial charge in [-0.2, -0.15) is 0 Å². The van der Waals surface area contributed by atoms with Crippen LogP contribution >= 0.6 is 0 Å². The van der Waals surface area contributed by atoms with E-state index in [0.29, 0.717) is 6.42 Å². The molecule has 0 aromatic heterocycles. The molecule has 0 rings (SSSR count). The zero-order valence-corrected chi connectivity index (χ0v) is 29.4. The highest BCUT2D eigenvalue weighted by Crippen LogP contribution is 2.14. The summed E-state index contributed by atoms with van der Waals surface area (Å²) in [7, 11) is 0. The summed E-state index contributed by atoms with van der Waals surface area (Å²) in [4.78, 5) is 12.2. The third-order valence-corrected chi connectivity index (χ3v) is 8.60. The Morgan fingerprint density at radius 2 is 0.886 bits per heavy atom. The Labute approximate surface area is 274 Å². The van der Waals surface area contributed by atoms with Gasteiger partial charge in [-0.15, -0.1) is 0 Å². The molecular formula is C40H75NO3. The topological polar surface area (TPSA) is 69.6 Å². The lowest BCUT2D eigenvalue weighted by atomic mass is 10.0. The standard InChI is InChI=1S/C40H75NO3/c1-3-5-7-9-11-12-13-14-15-16-17-18-19-20-21-22-23-24-25-26-27-28-30-31-33-35-39(43)38(37-42)41-40(44)36-34-32-29-10-8-6-4-2/h23-24,27-28,33,35,38-39,42-43H,3-22,25-26,29-32,34,36-37H2,1-2H3,(H,41,44)/b24-23+,28-27+,35-33+. The first kappa shape index (κ1) is 42.6. The van der Waals surface area contributed by atoms with Gasteiger partial charge in [-0.25, -0.2) is 0 Å². The third kappa shape index (κ3) is 32.0. The molecule has 0 heterocycles. The van der Waals surface area contributed by atoms with Crippen molar-refractivity contribution in [1.29, 1.82) is 0 Å². The number of rotatable bonds is 34. The van der Waals surface area contributed by atoms with Crippen LogP contribution in [0.1, 0.15) is 194 Å². The van der Waals surface area contributed by atoms with Crippen molar-refractivity contribution in [2.24, 2.45) is 0 Å².